The lowest BCUT2D eigenvalue weighted by molar-refractivity contribution is 0.0797. The highest BCUT2D eigenvalue weighted by Gasteiger charge is 2.20. The highest BCUT2D eigenvalue weighted by Crippen LogP contribution is 2.28. The lowest BCUT2D eigenvalue weighted by Crippen LogP contribution is -2.26. The fourth-order valence-corrected chi connectivity index (χ4v) is 3.51. The quantitative estimate of drug-likeness (QED) is 0.804. The third kappa shape index (κ3) is 3.85. The van der Waals surface area contributed by atoms with E-state index >= 15 is 0 Å². The zero-order chi connectivity index (χ0) is 16.1. The van der Waals surface area contributed by atoms with E-state index in [1.54, 1.807) is 0 Å². The zero-order valence-corrected chi connectivity index (χ0v) is 14.1. The highest BCUT2D eigenvalue weighted by molar-refractivity contribution is 7.12. The highest BCUT2D eigenvalue weighted by atomic mass is 32.1. The van der Waals surface area contributed by atoms with E-state index in [1.807, 2.05) is 47.5 Å². The molecule has 23 heavy (non-hydrogen) atoms. The van der Waals surface area contributed by atoms with Crippen LogP contribution >= 0.6 is 11.3 Å². The van der Waals surface area contributed by atoms with Crippen LogP contribution in [0.1, 0.15) is 35.0 Å². The number of carbonyl (C=O) groups is 1. The molecule has 0 spiro atoms. The summed E-state index contributed by atoms with van der Waals surface area (Å²) in [6.45, 7) is 4.75. The van der Waals surface area contributed by atoms with Crippen LogP contribution in [0.3, 0.4) is 0 Å². The molecule has 4 nitrogen and oxygen atoms in total. The molecule has 0 radical (unpaired) electrons. The number of nitrogens with zero attached hydrogens (tertiary/aromatic N) is 1. The van der Waals surface area contributed by atoms with Crippen LogP contribution in [0.5, 0.6) is 11.5 Å². The first-order valence-electron chi connectivity index (χ1n) is 7.99. The largest absolute Gasteiger partial charge is 0.490 e. The van der Waals surface area contributed by atoms with Crippen LogP contribution in [-0.4, -0.2) is 30.5 Å². The van der Waals surface area contributed by atoms with Gasteiger partial charge in [0.2, 0.25) is 0 Å². The van der Waals surface area contributed by atoms with Gasteiger partial charge in [-0.15, -0.1) is 11.3 Å². The Hall–Kier alpha value is -2.01. The number of hydrogen-bond donors (Lipinski definition) is 0. The van der Waals surface area contributed by atoms with E-state index in [1.165, 1.54) is 11.3 Å². The Labute approximate surface area is 140 Å². The molecule has 1 saturated heterocycles. The molecule has 2 aromatic rings. The van der Waals surface area contributed by atoms with Crippen molar-refractivity contribution in [3.8, 4) is 11.5 Å². The van der Waals surface area contributed by atoms with E-state index in [2.05, 4.69) is 0 Å². The monoisotopic (exact) mass is 331 g/mol. The second kappa shape index (κ2) is 7.51. The van der Waals surface area contributed by atoms with Crippen molar-refractivity contribution in [3.05, 3.63) is 46.2 Å². The topological polar surface area (TPSA) is 38.8 Å². The Morgan fingerprint density at radius 3 is 2.57 bits per heavy atom. The molecular formula is C18H21NO3S. The van der Waals surface area contributed by atoms with Crippen LogP contribution in [0, 0.1) is 0 Å². The predicted octanol–water partition coefficient (Wildman–Crippen LogP) is 3.96. The predicted molar refractivity (Wildman–Crippen MR) is 91.4 cm³/mol. The van der Waals surface area contributed by atoms with Crippen LogP contribution in [0.25, 0.3) is 0 Å². The minimum absolute atomic E-state index is 0.147. The summed E-state index contributed by atoms with van der Waals surface area (Å²) in [6.07, 6.45) is 2.22. The Morgan fingerprint density at radius 1 is 1.17 bits per heavy atom. The summed E-state index contributed by atoms with van der Waals surface area (Å²) in [7, 11) is 0. The van der Waals surface area contributed by atoms with E-state index in [0.717, 1.165) is 47.9 Å². The summed E-state index contributed by atoms with van der Waals surface area (Å²) in [4.78, 5) is 15.1. The lowest BCUT2D eigenvalue weighted by Gasteiger charge is -2.13. The summed E-state index contributed by atoms with van der Waals surface area (Å²) in [5.74, 6) is 1.63. The number of rotatable bonds is 6. The van der Waals surface area contributed by atoms with Gasteiger partial charge in [-0.3, -0.25) is 4.79 Å². The van der Waals surface area contributed by atoms with Crippen LogP contribution in [0.2, 0.25) is 0 Å². The molecule has 122 valence electrons. The molecule has 0 atom stereocenters. The summed E-state index contributed by atoms with van der Waals surface area (Å²) in [5.41, 5.74) is 1.02. The molecular weight excluding hydrogens is 310 g/mol. The Bertz CT molecular complexity index is 662. The minimum Gasteiger partial charge on any atom is -0.490 e. The molecule has 0 bridgehead atoms. The zero-order valence-electron chi connectivity index (χ0n) is 13.3. The number of amides is 1. The van der Waals surface area contributed by atoms with Crippen molar-refractivity contribution < 1.29 is 14.3 Å². The standard InChI is InChI=1S/C18H21NO3S/c1-2-21-15-7-3-4-8-16(15)22-12-14-11-17(23-13-14)18(20)19-9-5-6-10-19/h3-4,7-8,11,13H,2,5-6,9-10,12H2,1H3. The second-order valence-corrected chi connectivity index (χ2v) is 6.40. The van der Waals surface area contributed by atoms with E-state index < -0.39 is 0 Å². The van der Waals surface area contributed by atoms with Gasteiger partial charge in [-0.05, 0) is 43.3 Å². The van der Waals surface area contributed by atoms with E-state index in [9.17, 15) is 4.79 Å². The minimum atomic E-state index is 0.147. The van der Waals surface area contributed by atoms with Gasteiger partial charge in [-0.2, -0.15) is 0 Å². The van der Waals surface area contributed by atoms with E-state index in [4.69, 9.17) is 9.47 Å². The number of benzene rings is 1. The average Bonchev–Trinajstić information content (AvgIpc) is 3.26. The third-order valence-corrected chi connectivity index (χ3v) is 4.77. The second-order valence-electron chi connectivity index (χ2n) is 5.49. The van der Waals surface area contributed by atoms with E-state index in [0.29, 0.717) is 13.2 Å². The third-order valence-electron chi connectivity index (χ3n) is 3.80. The van der Waals surface area contributed by atoms with Gasteiger partial charge >= 0.3 is 0 Å². The number of para-hydroxylation sites is 2. The van der Waals surface area contributed by atoms with Gasteiger partial charge in [-0.25, -0.2) is 0 Å². The van der Waals surface area contributed by atoms with Gasteiger partial charge in [0.05, 0.1) is 11.5 Å². The molecule has 3 rings (SSSR count). The van der Waals surface area contributed by atoms with Crippen LogP contribution in [-0.2, 0) is 6.61 Å². The average molecular weight is 331 g/mol. The smallest absolute Gasteiger partial charge is 0.263 e. The Kier molecular flexibility index (Phi) is 5.18. The summed E-state index contributed by atoms with van der Waals surface area (Å²) in [5, 5.41) is 1.99. The molecule has 1 aromatic carbocycles. The molecule has 0 N–H and O–H groups in total. The van der Waals surface area contributed by atoms with Crippen molar-refractivity contribution in [1.29, 1.82) is 0 Å². The molecule has 1 aliphatic rings. The van der Waals surface area contributed by atoms with Crippen molar-refractivity contribution in [3.63, 3.8) is 0 Å². The Morgan fingerprint density at radius 2 is 1.87 bits per heavy atom. The lowest BCUT2D eigenvalue weighted by atomic mass is 10.3. The molecule has 1 fully saturated rings. The van der Waals surface area contributed by atoms with Crippen LogP contribution in [0.4, 0.5) is 0 Å². The fourth-order valence-electron chi connectivity index (χ4n) is 2.64. The molecule has 0 saturated carbocycles. The summed E-state index contributed by atoms with van der Waals surface area (Å²) < 4.78 is 11.4. The van der Waals surface area contributed by atoms with Crippen molar-refractivity contribution in [2.75, 3.05) is 19.7 Å². The first-order chi connectivity index (χ1) is 11.3. The normalized spacial score (nSPS) is 14.0. The molecule has 1 amide bonds. The number of ether oxygens (including phenoxy) is 2. The molecule has 1 aliphatic heterocycles. The maximum absolute atomic E-state index is 12.3. The van der Waals surface area contributed by atoms with Crippen molar-refractivity contribution in [1.82, 2.24) is 4.90 Å². The number of likely N-dealkylation sites (tertiary alicyclic amines) is 1. The molecule has 5 heteroatoms. The number of hydrogen-bond acceptors (Lipinski definition) is 4. The van der Waals surface area contributed by atoms with Gasteiger partial charge in [0.15, 0.2) is 11.5 Å². The van der Waals surface area contributed by atoms with Gasteiger partial charge < -0.3 is 14.4 Å². The van der Waals surface area contributed by atoms with Gasteiger partial charge in [0.1, 0.15) is 6.61 Å². The fraction of sp³-hybridized carbons (Fsp3) is 0.389. The Balaban J connectivity index is 1.62. The van der Waals surface area contributed by atoms with E-state index in [-0.39, 0.29) is 5.91 Å². The summed E-state index contributed by atoms with van der Waals surface area (Å²) in [6, 6.07) is 9.58. The summed E-state index contributed by atoms with van der Waals surface area (Å²) >= 11 is 1.49. The maximum atomic E-state index is 12.3. The molecule has 0 aliphatic carbocycles. The van der Waals surface area contributed by atoms with Gasteiger partial charge in [0.25, 0.3) is 5.91 Å². The first-order valence-corrected chi connectivity index (χ1v) is 8.87. The maximum Gasteiger partial charge on any atom is 0.263 e. The molecule has 2 heterocycles. The SMILES string of the molecule is CCOc1ccccc1OCc1csc(C(=O)N2CCCC2)c1. The van der Waals surface area contributed by atoms with Crippen molar-refractivity contribution >= 4 is 17.2 Å². The molecule has 0 unspecified atom stereocenters. The number of thiophene rings is 1. The van der Waals surface area contributed by atoms with Crippen molar-refractivity contribution in [2.45, 2.75) is 26.4 Å². The van der Waals surface area contributed by atoms with Crippen molar-refractivity contribution in [2.24, 2.45) is 0 Å². The van der Waals surface area contributed by atoms with Crippen LogP contribution in [0.15, 0.2) is 35.7 Å². The molecule has 1 aromatic heterocycles. The number of carbonyl (C=O) groups excluding carboxylic acids is 1. The van der Waals surface area contributed by atoms with Gasteiger partial charge in [-0.1, -0.05) is 12.1 Å². The first kappa shape index (κ1) is 15.9. The van der Waals surface area contributed by atoms with Crippen LogP contribution < -0.4 is 9.47 Å². The van der Waals surface area contributed by atoms with Gasteiger partial charge in [0, 0.05) is 18.7 Å².